The number of para-hydroxylation sites is 1. The summed E-state index contributed by atoms with van der Waals surface area (Å²) in [5.74, 6) is -0.708. The van der Waals surface area contributed by atoms with Crippen LogP contribution in [0.1, 0.15) is 22.8 Å². The van der Waals surface area contributed by atoms with Crippen LogP contribution < -0.4 is 15.2 Å². The summed E-state index contributed by atoms with van der Waals surface area (Å²) in [6.07, 6.45) is -0.0724. The van der Waals surface area contributed by atoms with E-state index in [4.69, 9.17) is 24.7 Å². The first-order valence-corrected chi connectivity index (χ1v) is 10.2. The second kappa shape index (κ2) is 10.1. The lowest BCUT2D eigenvalue weighted by Gasteiger charge is -2.28. The Morgan fingerprint density at radius 3 is 2.53 bits per heavy atom. The number of benzene rings is 2. The molecule has 0 bridgehead atoms. The number of methoxy groups -OCH3 is 1. The van der Waals surface area contributed by atoms with E-state index in [9.17, 15) is 14.4 Å². The summed E-state index contributed by atoms with van der Waals surface area (Å²) < 4.78 is 21.5. The first-order valence-electron chi connectivity index (χ1n) is 10.2. The molecule has 1 unspecified atom stereocenters. The van der Waals surface area contributed by atoms with Crippen molar-refractivity contribution in [2.24, 2.45) is 5.73 Å². The minimum Gasteiger partial charge on any atom is -0.492 e. The number of carbonyl (C=O) groups is 3. The number of fused-ring (bicyclic) bond motifs is 1. The van der Waals surface area contributed by atoms with Gasteiger partial charge >= 0.3 is 5.97 Å². The molecule has 2 aromatic carbocycles. The molecular formula is C23H26N2O7. The number of carbonyl (C=O) groups excluding carboxylic acids is 3. The average molecular weight is 442 g/mol. The second-order valence-corrected chi connectivity index (χ2v) is 7.12. The highest BCUT2D eigenvalue weighted by atomic mass is 16.6. The van der Waals surface area contributed by atoms with Crippen LogP contribution in [0.15, 0.2) is 48.5 Å². The lowest BCUT2D eigenvalue weighted by Crippen LogP contribution is -2.54. The van der Waals surface area contributed by atoms with Crippen LogP contribution in [0, 0.1) is 0 Å². The molecule has 170 valence electrons. The molecule has 2 aromatic rings. The Balaban J connectivity index is 1.57. The summed E-state index contributed by atoms with van der Waals surface area (Å²) >= 11 is 0. The van der Waals surface area contributed by atoms with Gasteiger partial charge in [-0.1, -0.05) is 24.3 Å². The summed E-state index contributed by atoms with van der Waals surface area (Å²) in [5.41, 5.74) is 4.71. The molecule has 0 spiro atoms. The number of primary amides is 1. The van der Waals surface area contributed by atoms with Crippen molar-refractivity contribution in [2.75, 3.05) is 33.6 Å². The molecule has 9 nitrogen and oxygen atoms in total. The van der Waals surface area contributed by atoms with Crippen molar-refractivity contribution >= 4 is 17.8 Å². The van der Waals surface area contributed by atoms with E-state index in [1.54, 1.807) is 54.3 Å². The third-order valence-corrected chi connectivity index (χ3v) is 5.14. The second-order valence-electron chi connectivity index (χ2n) is 7.12. The molecule has 1 atom stereocenters. The van der Waals surface area contributed by atoms with Crippen molar-refractivity contribution in [3.05, 3.63) is 59.7 Å². The Bertz CT molecular complexity index is 977. The molecule has 0 saturated carbocycles. The highest BCUT2D eigenvalue weighted by Crippen LogP contribution is 2.24. The molecule has 0 aliphatic carbocycles. The zero-order valence-electron chi connectivity index (χ0n) is 18.0. The van der Waals surface area contributed by atoms with Gasteiger partial charge in [0.25, 0.3) is 11.8 Å². The number of esters is 1. The molecule has 1 aliphatic rings. The maximum atomic E-state index is 12.5. The lowest BCUT2D eigenvalue weighted by atomic mass is 9.93. The van der Waals surface area contributed by atoms with Gasteiger partial charge in [-0.3, -0.25) is 9.59 Å². The van der Waals surface area contributed by atoms with Crippen molar-refractivity contribution < 1.29 is 33.3 Å². The Kier molecular flexibility index (Phi) is 7.32. The first-order chi connectivity index (χ1) is 15.4. The summed E-state index contributed by atoms with van der Waals surface area (Å²) in [6.45, 7) is 2.52. The van der Waals surface area contributed by atoms with Crippen LogP contribution in [-0.2, 0) is 25.5 Å². The SMILES string of the molecule is CCOC(=O)C(Cc1ccc(OCCN2COc3ccccc3C2=O)cc1)(OC)C(N)=O. The van der Waals surface area contributed by atoms with Crippen LogP contribution in [0.25, 0.3) is 0 Å². The van der Waals surface area contributed by atoms with Crippen molar-refractivity contribution in [3.8, 4) is 11.5 Å². The topological polar surface area (TPSA) is 117 Å². The van der Waals surface area contributed by atoms with Gasteiger partial charge in [0.2, 0.25) is 5.60 Å². The number of rotatable bonds is 10. The molecule has 0 radical (unpaired) electrons. The smallest absolute Gasteiger partial charge is 0.348 e. The van der Waals surface area contributed by atoms with E-state index in [0.29, 0.717) is 29.2 Å². The molecule has 32 heavy (non-hydrogen) atoms. The number of hydrogen-bond acceptors (Lipinski definition) is 7. The van der Waals surface area contributed by atoms with Gasteiger partial charge in [-0.05, 0) is 36.8 Å². The summed E-state index contributed by atoms with van der Waals surface area (Å²) in [7, 11) is 1.24. The highest BCUT2D eigenvalue weighted by Gasteiger charge is 2.46. The Hall–Kier alpha value is -3.59. The third-order valence-electron chi connectivity index (χ3n) is 5.14. The maximum Gasteiger partial charge on any atom is 0.348 e. The monoisotopic (exact) mass is 442 g/mol. The van der Waals surface area contributed by atoms with Crippen LogP contribution in [0.4, 0.5) is 0 Å². The zero-order chi connectivity index (χ0) is 23.1. The number of hydrogen-bond donors (Lipinski definition) is 1. The summed E-state index contributed by atoms with van der Waals surface area (Å²) in [5, 5.41) is 0. The van der Waals surface area contributed by atoms with Crippen LogP contribution in [0.2, 0.25) is 0 Å². The molecule has 1 heterocycles. The average Bonchev–Trinajstić information content (AvgIpc) is 2.80. The Morgan fingerprint density at radius 2 is 1.88 bits per heavy atom. The van der Waals surface area contributed by atoms with E-state index in [1.807, 2.05) is 6.07 Å². The van der Waals surface area contributed by atoms with Crippen LogP contribution in [-0.4, -0.2) is 61.9 Å². The van der Waals surface area contributed by atoms with Crippen LogP contribution >= 0.6 is 0 Å². The third kappa shape index (κ3) is 4.83. The predicted molar refractivity (Wildman–Crippen MR) is 114 cm³/mol. The quantitative estimate of drug-likeness (QED) is 0.438. The van der Waals surface area contributed by atoms with Gasteiger partial charge in [0.15, 0.2) is 6.73 Å². The minimum absolute atomic E-state index is 0.0724. The normalized spacial score (nSPS) is 14.7. The predicted octanol–water partition coefficient (Wildman–Crippen LogP) is 1.53. The molecule has 0 aromatic heterocycles. The summed E-state index contributed by atoms with van der Waals surface area (Å²) in [6, 6.07) is 13.9. The van der Waals surface area contributed by atoms with Gasteiger partial charge in [-0.2, -0.15) is 0 Å². The molecule has 9 heteroatoms. The number of amides is 2. The molecule has 0 saturated heterocycles. The molecule has 3 rings (SSSR count). The van der Waals surface area contributed by atoms with E-state index in [1.165, 1.54) is 7.11 Å². The van der Waals surface area contributed by atoms with Gasteiger partial charge < -0.3 is 29.6 Å². The van der Waals surface area contributed by atoms with E-state index < -0.39 is 17.5 Å². The molecule has 2 N–H and O–H groups in total. The Morgan fingerprint density at radius 1 is 1.16 bits per heavy atom. The maximum absolute atomic E-state index is 12.5. The standard InChI is InChI=1S/C23H26N2O7/c1-3-30-22(28)23(29-2,21(24)27)14-16-8-10-17(11-9-16)31-13-12-25-15-32-19-7-5-4-6-18(19)20(25)26/h4-11H,3,12-15H2,1-2H3,(H2,24,27). The van der Waals surface area contributed by atoms with Gasteiger partial charge in [0.1, 0.15) is 18.1 Å². The van der Waals surface area contributed by atoms with Gasteiger partial charge in [0.05, 0.1) is 18.7 Å². The van der Waals surface area contributed by atoms with Gasteiger partial charge in [-0.25, -0.2) is 4.79 Å². The minimum atomic E-state index is -1.90. The fourth-order valence-electron chi connectivity index (χ4n) is 3.34. The summed E-state index contributed by atoms with van der Waals surface area (Å²) in [4.78, 5) is 38.3. The number of nitrogens with zero attached hydrogens (tertiary/aromatic N) is 1. The van der Waals surface area contributed by atoms with E-state index in [2.05, 4.69) is 0 Å². The molecule has 2 amide bonds. The fraction of sp³-hybridized carbons (Fsp3) is 0.348. The number of ether oxygens (including phenoxy) is 4. The molecule has 0 fully saturated rings. The van der Waals surface area contributed by atoms with E-state index in [-0.39, 0.29) is 32.3 Å². The largest absolute Gasteiger partial charge is 0.492 e. The first kappa shape index (κ1) is 23.1. The van der Waals surface area contributed by atoms with Gasteiger partial charge in [0, 0.05) is 13.5 Å². The molecular weight excluding hydrogens is 416 g/mol. The van der Waals surface area contributed by atoms with Crippen molar-refractivity contribution in [2.45, 2.75) is 18.9 Å². The zero-order valence-corrected chi connectivity index (χ0v) is 18.0. The Labute approximate surface area is 186 Å². The fourth-order valence-corrected chi connectivity index (χ4v) is 3.34. The molecule has 1 aliphatic heterocycles. The van der Waals surface area contributed by atoms with Crippen molar-refractivity contribution in [1.82, 2.24) is 4.90 Å². The highest BCUT2D eigenvalue weighted by molar-refractivity contribution is 6.05. The van der Waals surface area contributed by atoms with Crippen LogP contribution in [0.5, 0.6) is 11.5 Å². The van der Waals surface area contributed by atoms with Crippen molar-refractivity contribution in [3.63, 3.8) is 0 Å². The van der Waals surface area contributed by atoms with Crippen molar-refractivity contribution in [1.29, 1.82) is 0 Å². The van der Waals surface area contributed by atoms with E-state index in [0.717, 1.165) is 0 Å². The van der Waals surface area contributed by atoms with Gasteiger partial charge in [-0.15, -0.1) is 0 Å². The number of nitrogens with two attached hydrogens (primary N) is 1. The lowest BCUT2D eigenvalue weighted by molar-refractivity contribution is -0.173. The van der Waals surface area contributed by atoms with E-state index >= 15 is 0 Å². The van der Waals surface area contributed by atoms with Crippen LogP contribution in [0.3, 0.4) is 0 Å².